The first kappa shape index (κ1) is 9.04. The summed E-state index contributed by atoms with van der Waals surface area (Å²) in [6.07, 6.45) is 0. The normalized spacial score (nSPS) is 9.87. The molecule has 74 valence electrons. The van der Waals surface area contributed by atoms with E-state index in [2.05, 4.69) is 15.0 Å². The zero-order valence-corrected chi connectivity index (χ0v) is 7.40. The van der Waals surface area contributed by atoms with Crippen molar-refractivity contribution in [3.63, 3.8) is 0 Å². The van der Waals surface area contributed by atoms with Gasteiger partial charge in [-0.25, -0.2) is 4.98 Å². The molecule has 0 saturated heterocycles. The maximum atomic E-state index is 11.2. The molecule has 7 heteroatoms. The quantitative estimate of drug-likeness (QED) is 0.330. The van der Waals surface area contributed by atoms with Gasteiger partial charge in [-0.05, 0) is 22.8 Å². The summed E-state index contributed by atoms with van der Waals surface area (Å²) in [5.74, 6) is -1.22. The Morgan fingerprint density at radius 1 is 1.53 bits per heavy atom. The van der Waals surface area contributed by atoms with E-state index in [-0.39, 0.29) is 5.82 Å². The lowest BCUT2D eigenvalue weighted by molar-refractivity contribution is 0.0948. The number of para-hydroxylation sites is 2. The fourth-order valence-electron chi connectivity index (χ4n) is 1.24. The Morgan fingerprint density at radius 3 is 2.93 bits per heavy atom. The fraction of sp³-hybridized carbons (Fsp3) is 0. The number of rotatable bonds is 1. The molecule has 0 fully saturated rings. The van der Waals surface area contributed by atoms with Gasteiger partial charge >= 0.3 is 0 Å². The molecule has 0 radical (unpaired) electrons. The molecule has 1 aromatic carbocycles. The summed E-state index contributed by atoms with van der Waals surface area (Å²) >= 11 is 0. The molecule has 1 N–H and O–H groups in total. The molecule has 0 unspecified atom stereocenters. The highest BCUT2D eigenvalue weighted by Gasteiger charge is 2.15. The summed E-state index contributed by atoms with van der Waals surface area (Å²) in [6.45, 7) is 0. The Labute approximate surface area is 83.2 Å². The zero-order chi connectivity index (χ0) is 10.8. The predicted molar refractivity (Wildman–Crippen MR) is 50.4 cm³/mol. The molecule has 1 amide bonds. The lowest BCUT2D eigenvalue weighted by Crippen LogP contribution is -2.04. The van der Waals surface area contributed by atoms with Crippen molar-refractivity contribution in [1.82, 2.24) is 9.71 Å². The number of amides is 1. The van der Waals surface area contributed by atoms with Crippen LogP contribution in [0, 0.1) is 0 Å². The smallest absolute Gasteiger partial charge is 0.287 e. The summed E-state index contributed by atoms with van der Waals surface area (Å²) in [7, 11) is 0. The van der Waals surface area contributed by atoms with Gasteiger partial charge < -0.3 is 5.21 Å². The third kappa shape index (κ3) is 1.36. The van der Waals surface area contributed by atoms with Crippen LogP contribution in [0.2, 0.25) is 0 Å². The Morgan fingerprint density at radius 2 is 2.27 bits per heavy atom. The molecule has 2 rings (SSSR count). The summed E-state index contributed by atoms with van der Waals surface area (Å²) < 4.78 is 0.604. The van der Waals surface area contributed by atoms with Crippen LogP contribution in [-0.4, -0.2) is 20.8 Å². The summed E-state index contributed by atoms with van der Waals surface area (Å²) in [4.78, 5) is 17.3. The highest BCUT2D eigenvalue weighted by atomic mass is 16.5. The van der Waals surface area contributed by atoms with Crippen molar-refractivity contribution < 1.29 is 10.0 Å². The van der Waals surface area contributed by atoms with Crippen molar-refractivity contribution in [3.8, 4) is 0 Å². The molecular formula is C8H5N5O2. The van der Waals surface area contributed by atoms with Crippen LogP contribution in [0.25, 0.3) is 21.5 Å². The second-order valence-electron chi connectivity index (χ2n) is 2.73. The molecule has 0 aliphatic rings. The fourth-order valence-corrected chi connectivity index (χ4v) is 1.24. The van der Waals surface area contributed by atoms with Crippen LogP contribution in [-0.2, 0) is 0 Å². The molecule has 0 spiro atoms. The van der Waals surface area contributed by atoms with Crippen molar-refractivity contribution in [2.24, 2.45) is 5.11 Å². The first-order valence-corrected chi connectivity index (χ1v) is 4.00. The summed E-state index contributed by atoms with van der Waals surface area (Å²) in [5.41, 5.74) is 8.92. The maximum absolute atomic E-state index is 11.2. The van der Waals surface area contributed by atoms with Crippen LogP contribution in [0.5, 0.6) is 0 Å². The summed E-state index contributed by atoms with van der Waals surface area (Å²) in [5, 5.41) is 12.4. The van der Waals surface area contributed by atoms with Crippen LogP contribution in [0.1, 0.15) is 10.6 Å². The van der Waals surface area contributed by atoms with Crippen LogP contribution in [0.4, 0.5) is 0 Å². The molecular weight excluding hydrogens is 198 g/mol. The van der Waals surface area contributed by atoms with E-state index in [4.69, 9.17) is 5.53 Å². The molecule has 7 nitrogen and oxygen atoms in total. The minimum Gasteiger partial charge on any atom is -0.426 e. The topological polar surface area (TPSA) is 104 Å². The number of hydrogen-bond acceptors (Lipinski definition) is 3. The first-order chi connectivity index (χ1) is 7.24. The predicted octanol–water partition coefficient (Wildman–Crippen LogP) is 1.72. The van der Waals surface area contributed by atoms with Gasteiger partial charge in [0.25, 0.3) is 5.91 Å². The van der Waals surface area contributed by atoms with Crippen molar-refractivity contribution in [2.75, 3.05) is 0 Å². The average molecular weight is 203 g/mol. The van der Waals surface area contributed by atoms with Gasteiger partial charge in [-0.3, -0.25) is 4.79 Å². The number of azide groups is 1. The van der Waals surface area contributed by atoms with E-state index in [1.165, 1.54) is 0 Å². The Bertz CT molecular complexity index is 582. The van der Waals surface area contributed by atoms with Gasteiger partial charge in [0, 0.05) is 4.91 Å². The van der Waals surface area contributed by atoms with E-state index >= 15 is 0 Å². The third-order valence-corrected chi connectivity index (χ3v) is 1.86. The Balaban J connectivity index is 2.68. The molecule has 0 bridgehead atoms. The van der Waals surface area contributed by atoms with Gasteiger partial charge in [-0.2, -0.15) is 4.73 Å². The van der Waals surface area contributed by atoms with Crippen molar-refractivity contribution in [1.29, 1.82) is 0 Å². The van der Waals surface area contributed by atoms with Gasteiger partial charge in [0.15, 0.2) is 0 Å². The van der Waals surface area contributed by atoms with Gasteiger partial charge in [0.05, 0.1) is 5.52 Å². The molecule has 2 aromatic rings. The second-order valence-corrected chi connectivity index (χ2v) is 2.73. The number of aromatic nitrogens is 2. The largest absolute Gasteiger partial charge is 0.426 e. The highest BCUT2D eigenvalue weighted by Crippen LogP contribution is 2.14. The summed E-state index contributed by atoms with van der Waals surface area (Å²) in [6, 6.07) is 6.64. The van der Waals surface area contributed by atoms with E-state index in [1.807, 2.05) is 0 Å². The molecule has 15 heavy (non-hydrogen) atoms. The average Bonchev–Trinajstić information content (AvgIpc) is 2.57. The van der Waals surface area contributed by atoms with E-state index in [9.17, 15) is 10.0 Å². The number of benzene rings is 1. The minimum atomic E-state index is -0.920. The number of carbonyl (C=O) groups is 1. The van der Waals surface area contributed by atoms with Crippen molar-refractivity contribution >= 4 is 16.9 Å². The SMILES string of the molecule is [N-]=[N+]=NC(=O)c1nc2ccccc2n1O. The van der Waals surface area contributed by atoms with Crippen LogP contribution >= 0.6 is 0 Å². The van der Waals surface area contributed by atoms with Gasteiger partial charge in [-0.1, -0.05) is 12.1 Å². The molecule has 1 heterocycles. The minimum absolute atomic E-state index is 0.297. The Hall–Kier alpha value is -2.53. The van der Waals surface area contributed by atoms with Crippen molar-refractivity contribution in [3.05, 3.63) is 40.5 Å². The molecule has 0 saturated carbocycles. The molecule has 1 aromatic heterocycles. The maximum Gasteiger partial charge on any atom is 0.287 e. The van der Waals surface area contributed by atoms with E-state index in [0.29, 0.717) is 15.8 Å². The standard InChI is InChI=1S/C8H5N5O2/c9-12-11-8(14)7-10-5-3-1-2-4-6(5)13(7)15/h1-4,15H. The highest BCUT2D eigenvalue weighted by molar-refractivity contribution is 5.95. The number of carbonyl (C=O) groups excluding carboxylic acids is 1. The molecule has 0 aliphatic heterocycles. The van der Waals surface area contributed by atoms with Gasteiger partial charge in [0.1, 0.15) is 5.52 Å². The first-order valence-electron chi connectivity index (χ1n) is 4.00. The number of hydrogen-bond donors (Lipinski definition) is 1. The van der Waals surface area contributed by atoms with Crippen LogP contribution < -0.4 is 0 Å². The van der Waals surface area contributed by atoms with E-state index in [1.54, 1.807) is 24.3 Å². The van der Waals surface area contributed by atoms with Crippen LogP contribution in [0.3, 0.4) is 0 Å². The Kier molecular flexibility index (Phi) is 2.00. The lowest BCUT2D eigenvalue weighted by Gasteiger charge is -1.94. The number of fused-ring (bicyclic) bond motifs is 1. The van der Waals surface area contributed by atoms with Gasteiger partial charge in [-0.15, -0.1) is 0 Å². The molecule has 0 aliphatic carbocycles. The van der Waals surface area contributed by atoms with E-state index in [0.717, 1.165) is 0 Å². The second kappa shape index (κ2) is 3.32. The van der Waals surface area contributed by atoms with Crippen molar-refractivity contribution in [2.45, 2.75) is 0 Å². The zero-order valence-electron chi connectivity index (χ0n) is 7.40. The van der Waals surface area contributed by atoms with E-state index < -0.39 is 5.91 Å². The number of imidazole rings is 1. The molecule has 0 atom stereocenters. The van der Waals surface area contributed by atoms with Gasteiger partial charge in [0.2, 0.25) is 5.82 Å². The van der Waals surface area contributed by atoms with Crippen LogP contribution in [0.15, 0.2) is 29.4 Å². The lowest BCUT2D eigenvalue weighted by atomic mass is 10.3. The third-order valence-electron chi connectivity index (χ3n) is 1.86. The number of nitrogens with zero attached hydrogens (tertiary/aromatic N) is 5. The monoisotopic (exact) mass is 203 g/mol.